The van der Waals surface area contributed by atoms with Crippen LogP contribution in [-0.4, -0.2) is 11.9 Å². The minimum atomic E-state index is 0.630. The first-order valence-electron chi connectivity index (χ1n) is 4.08. The van der Waals surface area contributed by atoms with E-state index < -0.39 is 0 Å². The molecule has 58 valence electrons. The van der Waals surface area contributed by atoms with Gasteiger partial charge < -0.3 is 4.90 Å². The highest BCUT2D eigenvalue weighted by atomic mass is 15.1. The van der Waals surface area contributed by atoms with Crippen molar-refractivity contribution in [1.82, 2.24) is 4.90 Å². The molecular formula is C10H13N. The molecule has 0 saturated heterocycles. The first-order chi connectivity index (χ1) is 5.29. The van der Waals surface area contributed by atoms with Crippen LogP contribution in [0.25, 0.3) is 0 Å². The zero-order valence-corrected chi connectivity index (χ0v) is 6.99. The van der Waals surface area contributed by atoms with Gasteiger partial charge in [0.2, 0.25) is 0 Å². The topological polar surface area (TPSA) is 3.24 Å². The van der Waals surface area contributed by atoms with Gasteiger partial charge in [0.25, 0.3) is 0 Å². The molecule has 0 saturated carbocycles. The van der Waals surface area contributed by atoms with Crippen molar-refractivity contribution in [3.63, 3.8) is 0 Å². The molecule has 2 aliphatic rings. The molecule has 2 rings (SSSR count). The lowest BCUT2D eigenvalue weighted by molar-refractivity contribution is 0.478. The Kier molecular flexibility index (Phi) is 1.38. The number of allylic oxidation sites excluding steroid dienone is 4. The van der Waals surface area contributed by atoms with Gasteiger partial charge in [-0.05, 0) is 12.0 Å². The monoisotopic (exact) mass is 147 g/mol. The molecule has 0 N–H and O–H groups in total. The summed E-state index contributed by atoms with van der Waals surface area (Å²) >= 11 is 0. The average Bonchev–Trinajstić information content (AvgIpc) is 2.35. The highest BCUT2D eigenvalue weighted by molar-refractivity contribution is 5.30. The van der Waals surface area contributed by atoms with Crippen molar-refractivity contribution in [3.05, 3.63) is 36.2 Å². The summed E-state index contributed by atoms with van der Waals surface area (Å²) in [6.07, 6.45) is 11.0. The fraction of sp³-hybridized carbons (Fsp3) is 0.400. The molecule has 0 radical (unpaired) electrons. The summed E-state index contributed by atoms with van der Waals surface area (Å²) in [6.45, 7) is 2.26. The SMILES string of the molecule is C[C@@H]1C=CC=C2C1C=CN2C. The summed E-state index contributed by atoms with van der Waals surface area (Å²) in [4.78, 5) is 2.20. The Balaban J connectivity index is 2.33. The first kappa shape index (κ1) is 6.71. The van der Waals surface area contributed by atoms with Crippen LogP contribution in [0, 0.1) is 11.8 Å². The van der Waals surface area contributed by atoms with E-state index in [1.807, 2.05) is 0 Å². The molecular weight excluding hydrogens is 134 g/mol. The van der Waals surface area contributed by atoms with E-state index in [-0.39, 0.29) is 0 Å². The Morgan fingerprint density at radius 2 is 2.18 bits per heavy atom. The Bertz CT molecular complexity index is 248. The Morgan fingerprint density at radius 3 is 2.91 bits per heavy atom. The Morgan fingerprint density at radius 1 is 1.36 bits per heavy atom. The molecule has 2 atom stereocenters. The molecule has 0 aromatic rings. The van der Waals surface area contributed by atoms with Crippen molar-refractivity contribution >= 4 is 0 Å². The molecule has 0 aromatic carbocycles. The maximum absolute atomic E-state index is 2.28. The zero-order valence-electron chi connectivity index (χ0n) is 6.99. The maximum atomic E-state index is 2.28. The van der Waals surface area contributed by atoms with Gasteiger partial charge in [0.15, 0.2) is 0 Å². The molecule has 1 heterocycles. The van der Waals surface area contributed by atoms with Crippen LogP contribution in [0.3, 0.4) is 0 Å². The summed E-state index contributed by atoms with van der Waals surface area (Å²) < 4.78 is 0. The minimum absolute atomic E-state index is 0.630. The first-order valence-corrected chi connectivity index (χ1v) is 4.08. The average molecular weight is 147 g/mol. The number of hydrogen-bond donors (Lipinski definition) is 0. The van der Waals surface area contributed by atoms with Crippen molar-refractivity contribution < 1.29 is 0 Å². The van der Waals surface area contributed by atoms with Gasteiger partial charge in [0, 0.05) is 24.9 Å². The standard InChI is InChI=1S/C10H13N/c1-8-4-3-5-10-9(8)6-7-11(10)2/h3-9H,1-2H3/t8-,9?/m1/s1. The van der Waals surface area contributed by atoms with Gasteiger partial charge >= 0.3 is 0 Å². The third kappa shape index (κ3) is 0.917. The Labute approximate surface area is 67.7 Å². The van der Waals surface area contributed by atoms with Crippen molar-refractivity contribution in [1.29, 1.82) is 0 Å². The van der Waals surface area contributed by atoms with Crippen LogP contribution in [0.4, 0.5) is 0 Å². The van der Waals surface area contributed by atoms with E-state index in [1.165, 1.54) is 5.70 Å². The van der Waals surface area contributed by atoms with E-state index in [4.69, 9.17) is 0 Å². The lowest BCUT2D eigenvalue weighted by Crippen LogP contribution is -2.16. The van der Waals surface area contributed by atoms with Crippen LogP contribution < -0.4 is 0 Å². The van der Waals surface area contributed by atoms with Crippen LogP contribution in [0.1, 0.15) is 6.92 Å². The minimum Gasteiger partial charge on any atom is -0.354 e. The normalized spacial score (nSPS) is 34.0. The molecule has 0 aromatic heterocycles. The largest absolute Gasteiger partial charge is 0.354 e. The van der Waals surface area contributed by atoms with Crippen molar-refractivity contribution in [2.45, 2.75) is 6.92 Å². The maximum Gasteiger partial charge on any atom is 0.0249 e. The summed E-state index contributed by atoms with van der Waals surface area (Å²) in [5.74, 6) is 1.29. The van der Waals surface area contributed by atoms with E-state index in [1.54, 1.807) is 0 Å². The van der Waals surface area contributed by atoms with Gasteiger partial charge in [-0.2, -0.15) is 0 Å². The molecule has 0 fully saturated rings. The predicted molar refractivity (Wildman–Crippen MR) is 46.8 cm³/mol. The number of rotatable bonds is 0. The second-order valence-corrected chi connectivity index (χ2v) is 3.31. The number of hydrogen-bond acceptors (Lipinski definition) is 1. The van der Waals surface area contributed by atoms with E-state index in [0.29, 0.717) is 11.8 Å². The summed E-state index contributed by atoms with van der Waals surface area (Å²) in [5.41, 5.74) is 1.43. The summed E-state index contributed by atoms with van der Waals surface area (Å²) in [6, 6.07) is 0. The van der Waals surface area contributed by atoms with E-state index in [0.717, 1.165) is 0 Å². The zero-order chi connectivity index (χ0) is 7.84. The summed E-state index contributed by atoms with van der Waals surface area (Å²) in [7, 11) is 2.11. The van der Waals surface area contributed by atoms with Crippen LogP contribution >= 0.6 is 0 Å². The molecule has 1 nitrogen and oxygen atoms in total. The molecule has 0 amide bonds. The van der Waals surface area contributed by atoms with Crippen LogP contribution in [0.5, 0.6) is 0 Å². The quantitative estimate of drug-likeness (QED) is 0.507. The van der Waals surface area contributed by atoms with Gasteiger partial charge in [-0.1, -0.05) is 25.2 Å². The molecule has 1 heteroatoms. The predicted octanol–water partition coefficient (Wildman–Crippen LogP) is 2.15. The lowest BCUT2D eigenvalue weighted by Gasteiger charge is -2.23. The van der Waals surface area contributed by atoms with Crippen molar-refractivity contribution in [2.75, 3.05) is 7.05 Å². The number of fused-ring (bicyclic) bond motifs is 1. The Hall–Kier alpha value is -0.980. The van der Waals surface area contributed by atoms with Crippen LogP contribution in [-0.2, 0) is 0 Å². The van der Waals surface area contributed by atoms with Crippen LogP contribution in [0.15, 0.2) is 36.2 Å². The van der Waals surface area contributed by atoms with E-state index >= 15 is 0 Å². The summed E-state index contributed by atoms with van der Waals surface area (Å²) in [5, 5.41) is 0. The van der Waals surface area contributed by atoms with E-state index in [2.05, 4.69) is 49.4 Å². The van der Waals surface area contributed by atoms with Crippen molar-refractivity contribution in [3.8, 4) is 0 Å². The molecule has 11 heavy (non-hydrogen) atoms. The van der Waals surface area contributed by atoms with Gasteiger partial charge in [-0.3, -0.25) is 0 Å². The third-order valence-electron chi connectivity index (χ3n) is 2.51. The number of nitrogens with zero attached hydrogens (tertiary/aromatic N) is 1. The smallest absolute Gasteiger partial charge is 0.0249 e. The van der Waals surface area contributed by atoms with Gasteiger partial charge in [-0.25, -0.2) is 0 Å². The second kappa shape index (κ2) is 2.26. The second-order valence-electron chi connectivity index (χ2n) is 3.31. The highest BCUT2D eigenvalue weighted by Gasteiger charge is 2.25. The van der Waals surface area contributed by atoms with E-state index in [9.17, 15) is 0 Å². The fourth-order valence-electron chi connectivity index (χ4n) is 1.76. The fourth-order valence-corrected chi connectivity index (χ4v) is 1.76. The van der Waals surface area contributed by atoms with Crippen molar-refractivity contribution in [2.24, 2.45) is 11.8 Å². The molecule has 1 unspecified atom stereocenters. The molecule has 0 bridgehead atoms. The van der Waals surface area contributed by atoms with Gasteiger partial charge in [-0.15, -0.1) is 0 Å². The molecule has 1 aliphatic carbocycles. The molecule has 1 aliphatic heterocycles. The third-order valence-corrected chi connectivity index (χ3v) is 2.51. The highest BCUT2D eigenvalue weighted by Crippen LogP contribution is 2.33. The molecule has 0 spiro atoms. The van der Waals surface area contributed by atoms with Crippen LogP contribution in [0.2, 0.25) is 0 Å². The van der Waals surface area contributed by atoms with Gasteiger partial charge in [0.1, 0.15) is 0 Å². The lowest BCUT2D eigenvalue weighted by atomic mass is 9.88. The van der Waals surface area contributed by atoms with Gasteiger partial charge in [0.05, 0.1) is 0 Å².